The topological polar surface area (TPSA) is 77.2 Å². The fourth-order valence-corrected chi connectivity index (χ4v) is 1.62. The Kier molecular flexibility index (Phi) is 3.69. The molecule has 0 spiro atoms. The molecule has 0 unspecified atom stereocenters. The number of aromatic nitrogens is 1. The monoisotopic (exact) mass is 233 g/mol. The van der Waals surface area contributed by atoms with Crippen LogP contribution in [0.2, 0.25) is 0 Å². The molecule has 0 aliphatic rings. The summed E-state index contributed by atoms with van der Waals surface area (Å²) in [5, 5.41) is 18.2. The minimum Gasteiger partial charge on any atom is -0.480 e. The molecule has 0 radical (unpaired) electrons. The molecule has 1 N–H and O–H groups in total. The van der Waals surface area contributed by atoms with Gasteiger partial charge in [-0.25, -0.2) is 9.78 Å². The summed E-state index contributed by atoms with van der Waals surface area (Å²) in [7, 11) is 0. The van der Waals surface area contributed by atoms with Gasteiger partial charge in [0.1, 0.15) is 17.4 Å². The molecule has 0 atom stereocenters. The van der Waals surface area contributed by atoms with Crippen LogP contribution < -0.4 is 4.90 Å². The van der Waals surface area contributed by atoms with E-state index in [1.54, 1.807) is 37.1 Å². The Hall–Kier alpha value is -2.09. The molecule has 90 valence electrons. The van der Waals surface area contributed by atoms with E-state index >= 15 is 0 Å². The normalized spacial score (nSPS) is 10.7. The van der Waals surface area contributed by atoms with E-state index in [2.05, 4.69) is 4.98 Å². The van der Waals surface area contributed by atoms with Crippen LogP contribution in [0, 0.1) is 11.3 Å². The van der Waals surface area contributed by atoms with Crippen LogP contribution in [0.4, 0.5) is 5.82 Å². The molecule has 1 aromatic heterocycles. The van der Waals surface area contributed by atoms with Crippen LogP contribution in [0.1, 0.15) is 26.3 Å². The molecular weight excluding hydrogens is 218 g/mol. The van der Waals surface area contributed by atoms with Gasteiger partial charge < -0.3 is 10.0 Å². The van der Waals surface area contributed by atoms with Crippen LogP contribution >= 0.6 is 0 Å². The molecular formula is C12H15N3O2. The summed E-state index contributed by atoms with van der Waals surface area (Å²) in [6.07, 6.45) is 1.55. The molecule has 0 saturated carbocycles. The van der Waals surface area contributed by atoms with Crippen molar-refractivity contribution in [3.63, 3.8) is 0 Å². The summed E-state index contributed by atoms with van der Waals surface area (Å²) in [5.74, 6) is -0.543. The number of anilines is 1. The minimum absolute atomic E-state index is 0.378. The highest BCUT2D eigenvalue weighted by molar-refractivity contribution is 5.82. The highest BCUT2D eigenvalue weighted by atomic mass is 16.4. The van der Waals surface area contributed by atoms with Gasteiger partial charge in [0, 0.05) is 12.7 Å². The van der Waals surface area contributed by atoms with Gasteiger partial charge in [0.15, 0.2) is 0 Å². The lowest BCUT2D eigenvalue weighted by Crippen LogP contribution is -2.51. The zero-order chi connectivity index (χ0) is 13.1. The van der Waals surface area contributed by atoms with Gasteiger partial charge in [-0.2, -0.15) is 5.26 Å². The van der Waals surface area contributed by atoms with E-state index in [4.69, 9.17) is 5.26 Å². The van der Waals surface area contributed by atoms with Crippen molar-refractivity contribution in [1.82, 2.24) is 4.98 Å². The first-order valence-electron chi connectivity index (χ1n) is 5.31. The summed E-state index contributed by atoms with van der Waals surface area (Å²) >= 11 is 0. The number of carboxylic acids is 1. The first-order chi connectivity index (χ1) is 7.95. The maximum Gasteiger partial charge on any atom is 0.328 e. The van der Waals surface area contributed by atoms with Crippen LogP contribution in [0.15, 0.2) is 18.3 Å². The fraction of sp³-hybridized carbons (Fsp3) is 0.417. The molecule has 0 saturated heterocycles. The number of nitriles is 1. The van der Waals surface area contributed by atoms with Crippen LogP contribution in [-0.4, -0.2) is 28.1 Å². The summed E-state index contributed by atoms with van der Waals surface area (Å²) < 4.78 is 0. The molecule has 1 aromatic rings. The first kappa shape index (κ1) is 13.0. The number of nitrogens with zero attached hydrogens (tertiary/aromatic N) is 3. The third kappa shape index (κ3) is 2.36. The Morgan fingerprint density at radius 1 is 1.65 bits per heavy atom. The molecule has 1 heterocycles. The first-order valence-corrected chi connectivity index (χ1v) is 5.31. The smallest absolute Gasteiger partial charge is 0.328 e. The number of aliphatic carboxylic acids is 1. The summed E-state index contributed by atoms with van der Waals surface area (Å²) in [6, 6.07) is 5.31. The minimum atomic E-state index is -1.10. The van der Waals surface area contributed by atoms with Crippen molar-refractivity contribution in [3.05, 3.63) is 23.9 Å². The van der Waals surface area contributed by atoms with Gasteiger partial charge in [0.2, 0.25) is 0 Å². The molecule has 0 bridgehead atoms. The van der Waals surface area contributed by atoms with Crippen LogP contribution in [-0.2, 0) is 4.79 Å². The number of hydrogen-bond donors (Lipinski definition) is 1. The van der Waals surface area contributed by atoms with Crippen molar-refractivity contribution < 1.29 is 9.90 Å². The second kappa shape index (κ2) is 4.83. The van der Waals surface area contributed by atoms with Crippen LogP contribution in [0.3, 0.4) is 0 Å². The van der Waals surface area contributed by atoms with E-state index in [1.807, 2.05) is 13.0 Å². The fourth-order valence-electron chi connectivity index (χ4n) is 1.62. The Bertz CT molecular complexity index is 463. The molecule has 1 rings (SSSR count). The number of likely N-dealkylation sites (N-methyl/N-ethyl adjacent to an activating group) is 1. The molecule has 5 nitrogen and oxygen atoms in total. The molecule has 0 aliphatic heterocycles. The molecule has 0 aliphatic carbocycles. The summed E-state index contributed by atoms with van der Waals surface area (Å²) in [5.41, 5.74) is -0.724. The maximum absolute atomic E-state index is 11.2. The van der Waals surface area contributed by atoms with E-state index in [1.165, 1.54) is 0 Å². The van der Waals surface area contributed by atoms with Gasteiger partial charge in [-0.1, -0.05) is 0 Å². The number of pyridine rings is 1. The Morgan fingerprint density at radius 3 is 2.76 bits per heavy atom. The van der Waals surface area contributed by atoms with E-state index < -0.39 is 11.5 Å². The predicted molar refractivity (Wildman–Crippen MR) is 63.7 cm³/mol. The lowest BCUT2D eigenvalue weighted by molar-refractivity contribution is -0.142. The Morgan fingerprint density at radius 2 is 2.29 bits per heavy atom. The zero-order valence-electron chi connectivity index (χ0n) is 10.1. The Labute approximate surface area is 100 Å². The van der Waals surface area contributed by atoms with Gasteiger partial charge in [-0.15, -0.1) is 0 Å². The second-order valence-electron chi connectivity index (χ2n) is 4.09. The Balaban J connectivity index is 3.29. The predicted octanol–water partition coefficient (Wildman–Crippen LogP) is 1.64. The molecule has 0 aromatic carbocycles. The largest absolute Gasteiger partial charge is 0.480 e. The standard InChI is InChI=1S/C12H15N3O2/c1-4-15(12(2,3)11(16)17)10-9(8-13)6-5-7-14-10/h5-7H,4H2,1-3H3,(H,16,17). The molecule has 0 amide bonds. The van der Waals surface area contributed by atoms with Crippen LogP contribution in [0.5, 0.6) is 0 Å². The van der Waals surface area contributed by atoms with E-state index in [0.29, 0.717) is 17.9 Å². The van der Waals surface area contributed by atoms with Crippen molar-refractivity contribution in [2.75, 3.05) is 11.4 Å². The highest BCUT2D eigenvalue weighted by Gasteiger charge is 2.35. The van der Waals surface area contributed by atoms with E-state index in [0.717, 1.165) is 0 Å². The number of hydrogen-bond acceptors (Lipinski definition) is 4. The average Bonchev–Trinajstić information content (AvgIpc) is 2.30. The van der Waals surface area contributed by atoms with Crippen molar-refractivity contribution in [1.29, 1.82) is 5.26 Å². The van der Waals surface area contributed by atoms with Crippen molar-refractivity contribution >= 4 is 11.8 Å². The van der Waals surface area contributed by atoms with E-state index in [-0.39, 0.29) is 0 Å². The van der Waals surface area contributed by atoms with Crippen molar-refractivity contribution in [2.24, 2.45) is 0 Å². The van der Waals surface area contributed by atoms with Gasteiger partial charge in [0.25, 0.3) is 0 Å². The lowest BCUT2D eigenvalue weighted by Gasteiger charge is -2.35. The average molecular weight is 233 g/mol. The van der Waals surface area contributed by atoms with Gasteiger partial charge >= 0.3 is 5.97 Å². The summed E-state index contributed by atoms with van der Waals surface area (Å²) in [6.45, 7) is 5.48. The van der Waals surface area contributed by atoms with Gasteiger partial charge in [0.05, 0.1) is 5.56 Å². The number of carboxylic acid groups (broad SMARTS) is 1. The number of carbonyl (C=O) groups is 1. The molecule has 0 fully saturated rings. The molecule has 5 heteroatoms. The van der Waals surface area contributed by atoms with Crippen molar-refractivity contribution in [3.8, 4) is 6.07 Å². The highest BCUT2D eigenvalue weighted by Crippen LogP contribution is 2.24. The number of rotatable bonds is 4. The van der Waals surface area contributed by atoms with Crippen LogP contribution in [0.25, 0.3) is 0 Å². The molecule has 17 heavy (non-hydrogen) atoms. The van der Waals surface area contributed by atoms with Gasteiger partial charge in [-0.3, -0.25) is 0 Å². The van der Waals surface area contributed by atoms with Crippen molar-refractivity contribution in [2.45, 2.75) is 26.3 Å². The van der Waals surface area contributed by atoms with E-state index in [9.17, 15) is 9.90 Å². The maximum atomic E-state index is 11.2. The SMILES string of the molecule is CCN(c1ncccc1C#N)C(C)(C)C(=O)O. The third-order valence-electron chi connectivity index (χ3n) is 2.68. The second-order valence-corrected chi connectivity index (χ2v) is 4.09. The van der Waals surface area contributed by atoms with Gasteiger partial charge in [-0.05, 0) is 32.9 Å². The third-order valence-corrected chi connectivity index (χ3v) is 2.68. The summed E-state index contributed by atoms with van der Waals surface area (Å²) in [4.78, 5) is 17.0. The quantitative estimate of drug-likeness (QED) is 0.855. The zero-order valence-corrected chi connectivity index (χ0v) is 10.1. The lowest BCUT2D eigenvalue weighted by atomic mass is 10.0.